The van der Waals surface area contributed by atoms with E-state index in [4.69, 9.17) is 9.47 Å². The van der Waals surface area contributed by atoms with Crippen molar-refractivity contribution in [3.8, 4) is 11.5 Å². The molecule has 2 heterocycles. The molecule has 3 aromatic rings. The predicted octanol–water partition coefficient (Wildman–Crippen LogP) is 1.71. The van der Waals surface area contributed by atoms with Gasteiger partial charge < -0.3 is 19.9 Å². The van der Waals surface area contributed by atoms with Gasteiger partial charge in [-0.2, -0.15) is 4.68 Å². The molecule has 30 heavy (non-hydrogen) atoms. The van der Waals surface area contributed by atoms with E-state index in [-0.39, 0.29) is 23.0 Å². The van der Waals surface area contributed by atoms with Gasteiger partial charge in [-0.25, -0.2) is 4.79 Å². The molecule has 1 aliphatic heterocycles. The van der Waals surface area contributed by atoms with Gasteiger partial charge in [0.1, 0.15) is 23.2 Å². The lowest BCUT2D eigenvalue weighted by Crippen LogP contribution is -2.32. The molecule has 0 amide bonds. The molecule has 0 saturated carbocycles. The number of esters is 1. The Kier molecular flexibility index (Phi) is 4.88. The van der Waals surface area contributed by atoms with Crippen molar-refractivity contribution in [3.05, 3.63) is 70.9 Å². The number of anilines is 1. The molecule has 1 aliphatic rings. The van der Waals surface area contributed by atoms with Crippen LogP contribution < -0.4 is 10.1 Å². The first-order valence-corrected chi connectivity index (χ1v) is 8.88. The van der Waals surface area contributed by atoms with E-state index in [1.807, 2.05) is 0 Å². The number of allylic oxidation sites excluding steroid dienone is 1. The Morgan fingerprint density at radius 3 is 2.60 bits per heavy atom. The van der Waals surface area contributed by atoms with Crippen LogP contribution in [0.1, 0.15) is 22.0 Å². The summed E-state index contributed by atoms with van der Waals surface area (Å²) in [7, 11) is 2.72. The van der Waals surface area contributed by atoms with Gasteiger partial charge in [-0.15, -0.1) is 0 Å². The first kappa shape index (κ1) is 19.1. The number of phenolic OH excluding ortho intramolecular Hbond substituents is 1. The van der Waals surface area contributed by atoms with Crippen LogP contribution in [0.5, 0.6) is 11.5 Å². The third-order valence-electron chi connectivity index (χ3n) is 4.69. The molecule has 1 aromatic heterocycles. The number of carbonyl (C=O) groups is 2. The van der Waals surface area contributed by atoms with E-state index < -0.39 is 17.8 Å². The van der Waals surface area contributed by atoms with Crippen LogP contribution in [0, 0.1) is 0 Å². The van der Waals surface area contributed by atoms with Gasteiger partial charge in [-0.05, 0) is 40.3 Å². The molecule has 1 atom stereocenters. The summed E-state index contributed by atoms with van der Waals surface area (Å²) in [5.41, 5.74) is 0.939. The van der Waals surface area contributed by atoms with Crippen LogP contribution in [0.4, 0.5) is 5.95 Å². The Labute approximate surface area is 170 Å². The lowest BCUT2D eigenvalue weighted by Gasteiger charge is -2.28. The standard InChI is InChI=1S/C20H17N5O5/c1-29-14-5-3-4-12(10-14)18(27)15-16(19(28)30-2)21-20-22-23-24-25(20)17(15)11-6-8-13(26)9-7-11/h3-10,17,26H,1-2H3,(H,21,22,24)/t17-/m1/s1. The Hall–Kier alpha value is -4.21. The molecule has 0 saturated heterocycles. The minimum absolute atomic E-state index is 0.0578. The number of aromatic hydroxyl groups is 1. The maximum absolute atomic E-state index is 13.6. The number of tetrazole rings is 1. The summed E-state index contributed by atoms with van der Waals surface area (Å²) in [4.78, 5) is 26.1. The van der Waals surface area contributed by atoms with Crippen molar-refractivity contribution in [1.29, 1.82) is 0 Å². The zero-order valence-corrected chi connectivity index (χ0v) is 16.1. The number of nitrogens with zero attached hydrogens (tertiary/aromatic N) is 4. The van der Waals surface area contributed by atoms with Gasteiger partial charge in [0.05, 0.1) is 19.8 Å². The summed E-state index contributed by atoms with van der Waals surface area (Å²) in [6.45, 7) is 0. The SMILES string of the molecule is COC(=O)C1=C(C(=O)c2cccc(OC)c2)[C@@H](c2ccc(O)cc2)n2nnnc2N1. The number of methoxy groups -OCH3 is 2. The summed E-state index contributed by atoms with van der Waals surface area (Å²) >= 11 is 0. The zero-order valence-electron chi connectivity index (χ0n) is 16.1. The second-order valence-electron chi connectivity index (χ2n) is 6.41. The van der Waals surface area contributed by atoms with E-state index in [9.17, 15) is 14.7 Å². The number of ketones is 1. The van der Waals surface area contributed by atoms with Gasteiger partial charge >= 0.3 is 5.97 Å². The third kappa shape index (κ3) is 3.24. The monoisotopic (exact) mass is 407 g/mol. The van der Waals surface area contributed by atoms with E-state index >= 15 is 0 Å². The molecular weight excluding hydrogens is 390 g/mol. The minimum atomic E-state index is -0.829. The fraction of sp³-hybridized carbons (Fsp3) is 0.150. The fourth-order valence-corrected chi connectivity index (χ4v) is 3.27. The highest BCUT2D eigenvalue weighted by Crippen LogP contribution is 2.37. The lowest BCUT2D eigenvalue weighted by molar-refractivity contribution is -0.136. The van der Waals surface area contributed by atoms with Crippen molar-refractivity contribution in [2.24, 2.45) is 0 Å². The maximum Gasteiger partial charge on any atom is 0.355 e. The van der Waals surface area contributed by atoms with E-state index in [1.165, 1.54) is 31.0 Å². The van der Waals surface area contributed by atoms with Gasteiger partial charge in [0.2, 0.25) is 5.95 Å². The molecule has 0 spiro atoms. The van der Waals surface area contributed by atoms with Crippen molar-refractivity contribution >= 4 is 17.7 Å². The van der Waals surface area contributed by atoms with Crippen molar-refractivity contribution in [2.75, 3.05) is 19.5 Å². The quantitative estimate of drug-likeness (QED) is 0.480. The van der Waals surface area contributed by atoms with Gasteiger partial charge in [0.25, 0.3) is 0 Å². The van der Waals surface area contributed by atoms with Crippen LogP contribution in [0.15, 0.2) is 59.8 Å². The first-order chi connectivity index (χ1) is 14.5. The van der Waals surface area contributed by atoms with Crippen LogP contribution in [0.3, 0.4) is 0 Å². The van der Waals surface area contributed by atoms with E-state index in [0.29, 0.717) is 16.9 Å². The minimum Gasteiger partial charge on any atom is -0.508 e. The van der Waals surface area contributed by atoms with Gasteiger partial charge in [0.15, 0.2) is 5.78 Å². The van der Waals surface area contributed by atoms with E-state index in [1.54, 1.807) is 36.4 Å². The topological polar surface area (TPSA) is 128 Å². The number of Topliss-reactive ketones (excluding diaryl/α,β-unsaturated/α-hetero) is 1. The summed E-state index contributed by atoms with van der Waals surface area (Å²) in [6.07, 6.45) is 0. The van der Waals surface area contributed by atoms with Crippen molar-refractivity contribution in [3.63, 3.8) is 0 Å². The molecular formula is C20H17N5O5. The maximum atomic E-state index is 13.6. The van der Waals surface area contributed by atoms with E-state index in [2.05, 4.69) is 20.8 Å². The summed E-state index contributed by atoms with van der Waals surface area (Å²) < 4.78 is 11.5. The summed E-state index contributed by atoms with van der Waals surface area (Å²) in [5, 5.41) is 24.0. The number of rotatable bonds is 5. The molecule has 10 nitrogen and oxygen atoms in total. The lowest BCUT2D eigenvalue weighted by atomic mass is 9.89. The number of carbonyl (C=O) groups excluding carboxylic acids is 2. The average Bonchev–Trinajstić information content (AvgIpc) is 3.26. The second kappa shape index (κ2) is 7.66. The third-order valence-corrected chi connectivity index (χ3v) is 4.69. The molecule has 0 fully saturated rings. The Bertz CT molecular complexity index is 1150. The van der Waals surface area contributed by atoms with Crippen molar-refractivity contribution in [2.45, 2.75) is 6.04 Å². The average molecular weight is 407 g/mol. The summed E-state index contributed by atoms with van der Waals surface area (Å²) in [6, 6.07) is 12.0. The Morgan fingerprint density at radius 1 is 1.13 bits per heavy atom. The zero-order chi connectivity index (χ0) is 21.3. The van der Waals surface area contributed by atoms with Crippen LogP contribution in [0.2, 0.25) is 0 Å². The number of hydrogen-bond acceptors (Lipinski definition) is 9. The largest absolute Gasteiger partial charge is 0.508 e. The van der Waals surface area contributed by atoms with Crippen molar-refractivity contribution in [1.82, 2.24) is 20.2 Å². The molecule has 10 heteroatoms. The number of fused-ring (bicyclic) bond motifs is 1. The molecule has 4 rings (SSSR count). The van der Waals surface area contributed by atoms with Gasteiger partial charge in [-0.1, -0.05) is 29.4 Å². The highest BCUT2D eigenvalue weighted by molar-refractivity contribution is 6.15. The molecule has 0 unspecified atom stereocenters. The van der Waals surface area contributed by atoms with Crippen LogP contribution in [-0.2, 0) is 9.53 Å². The number of aromatic nitrogens is 4. The number of benzene rings is 2. The second-order valence-corrected chi connectivity index (χ2v) is 6.41. The van der Waals surface area contributed by atoms with Crippen LogP contribution >= 0.6 is 0 Å². The Balaban J connectivity index is 1.94. The molecule has 0 radical (unpaired) electrons. The summed E-state index contributed by atoms with van der Waals surface area (Å²) in [5.74, 6) is -0.437. The van der Waals surface area contributed by atoms with Crippen LogP contribution in [-0.4, -0.2) is 51.3 Å². The fourth-order valence-electron chi connectivity index (χ4n) is 3.27. The molecule has 0 bridgehead atoms. The van der Waals surface area contributed by atoms with Gasteiger partial charge in [0, 0.05) is 5.56 Å². The van der Waals surface area contributed by atoms with Crippen molar-refractivity contribution < 1.29 is 24.2 Å². The van der Waals surface area contributed by atoms with E-state index in [0.717, 1.165) is 0 Å². The molecule has 152 valence electrons. The number of hydrogen-bond donors (Lipinski definition) is 2. The molecule has 2 aromatic carbocycles. The number of nitrogens with one attached hydrogen (secondary N) is 1. The first-order valence-electron chi connectivity index (χ1n) is 8.88. The normalized spacial score (nSPS) is 15.2. The number of phenols is 1. The van der Waals surface area contributed by atoms with Gasteiger partial charge in [-0.3, -0.25) is 4.79 Å². The number of ether oxygens (including phenoxy) is 2. The predicted molar refractivity (Wildman–Crippen MR) is 104 cm³/mol. The molecule has 2 N–H and O–H groups in total. The molecule has 0 aliphatic carbocycles. The van der Waals surface area contributed by atoms with Crippen LogP contribution in [0.25, 0.3) is 0 Å². The highest BCUT2D eigenvalue weighted by atomic mass is 16.5. The highest BCUT2D eigenvalue weighted by Gasteiger charge is 2.38. The smallest absolute Gasteiger partial charge is 0.355 e. The Morgan fingerprint density at radius 2 is 1.90 bits per heavy atom.